The van der Waals surface area contributed by atoms with Crippen molar-refractivity contribution in [2.75, 3.05) is 13.1 Å². The molecule has 4 heteroatoms. The minimum atomic E-state index is -0.202. The number of rotatable bonds is 2. The highest BCUT2D eigenvalue weighted by molar-refractivity contribution is 5.82. The quantitative estimate of drug-likeness (QED) is 0.723. The van der Waals surface area contributed by atoms with Crippen LogP contribution in [0.1, 0.15) is 32.1 Å². The fourth-order valence-electron chi connectivity index (χ4n) is 2.70. The number of amides is 1. The van der Waals surface area contributed by atoms with Gasteiger partial charge in [0.15, 0.2) is 0 Å². The van der Waals surface area contributed by atoms with Crippen molar-refractivity contribution in [2.24, 2.45) is 0 Å². The zero-order chi connectivity index (χ0) is 10.7. The molecule has 1 N–H and O–H groups in total. The van der Waals surface area contributed by atoms with Gasteiger partial charge in [-0.05, 0) is 12.8 Å². The van der Waals surface area contributed by atoms with Gasteiger partial charge in [0.25, 0.3) is 0 Å². The molecule has 1 amide bonds. The number of nitriles is 1. The lowest BCUT2D eigenvalue weighted by molar-refractivity contribution is -0.130. The minimum absolute atomic E-state index is 0.0368. The molecule has 1 saturated carbocycles. The molecule has 0 bridgehead atoms. The maximum atomic E-state index is 11.6. The van der Waals surface area contributed by atoms with Crippen molar-refractivity contribution in [3.8, 4) is 6.07 Å². The van der Waals surface area contributed by atoms with Crippen LogP contribution in [0.25, 0.3) is 0 Å². The molecule has 1 atom stereocenters. The highest BCUT2D eigenvalue weighted by atomic mass is 16.2. The second-order valence-electron chi connectivity index (χ2n) is 4.35. The third kappa shape index (κ3) is 2.13. The number of piperazine rings is 1. The van der Waals surface area contributed by atoms with Gasteiger partial charge in [-0.25, -0.2) is 0 Å². The Morgan fingerprint density at radius 1 is 1.47 bits per heavy atom. The fraction of sp³-hybridized carbons (Fsp3) is 0.818. The van der Waals surface area contributed by atoms with Crippen molar-refractivity contribution in [3.05, 3.63) is 0 Å². The molecule has 2 rings (SSSR count). The summed E-state index contributed by atoms with van der Waals surface area (Å²) < 4.78 is 0. The van der Waals surface area contributed by atoms with Gasteiger partial charge in [0.2, 0.25) is 5.91 Å². The number of hydrogen-bond donors (Lipinski definition) is 1. The summed E-state index contributed by atoms with van der Waals surface area (Å²) in [5, 5.41) is 11.6. The molecule has 2 aliphatic rings. The van der Waals surface area contributed by atoms with Gasteiger partial charge in [0.1, 0.15) is 6.04 Å². The second kappa shape index (κ2) is 4.63. The van der Waals surface area contributed by atoms with Crippen LogP contribution in [0.4, 0.5) is 0 Å². The lowest BCUT2D eigenvalue weighted by Gasteiger charge is -2.38. The topological polar surface area (TPSA) is 56.1 Å². The van der Waals surface area contributed by atoms with Crippen molar-refractivity contribution in [3.63, 3.8) is 0 Å². The Labute approximate surface area is 90.2 Å². The normalized spacial score (nSPS) is 28.7. The average Bonchev–Trinajstić information content (AvgIpc) is 2.74. The monoisotopic (exact) mass is 207 g/mol. The highest BCUT2D eigenvalue weighted by Gasteiger charge is 2.35. The van der Waals surface area contributed by atoms with Crippen LogP contribution in [-0.4, -0.2) is 36.0 Å². The van der Waals surface area contributed by atoms with Gasteiger partial charge in [-0.3, -0.25) is 9.69 Å². The molecule has 0 spiro atoms. The van der Waals surface area contributed by atoms with E-state index in [1.54, 1.807) is 0 Å². The number of carbonyl (C=O) groups excluding carboxylic acids is 1. The fourth-order valence-corrected chi connectivity index (χ4v) is 2.70. The molecule has 1 saturated heterocycles. The number of carbonyl (C=O) groups is 1. The van der Waals surface area contributed by atoms with Crippen LogP contribution in [0.5, 0.6) is 0 Å². The van der Waals surface area contributed by atoms with Crippen molar-refractivity contribution >= 4 is 5.91 Å². The van der Waals surface area contributed by atoms with Gasteiger partial charge >= 0.3 is 0 Å². The summed E-state index contributed by atoms with van der Waals surface area (Å²) >= 11 is 0. The SMILES string of the molecule is N#CCC1C(=O)NCCN1C1CCCC1. The first-order chi connectivity index (χ1) is 7.33. The molecule has 1 unspecified atom stereocenters. The van der Waals surface area contributed by atoms with Gasteiger partial charge in [0, 0.05) is 19.1 Å². The Balaban J connectivity index is 2.05. The van der Waals surface area contributed by atoms with Gasteiger partial charge < -0.3 is 5.32 Å². The minimum Gasteiger partial charge on any atom is -0.353 e. The van der Waals surface area contributed by atoms with E-state index in [4.69, 9.17) is 5.26 Å². The Hall–Kier alpha value is -1.08. The molecule has 2 fully saturated rings. The molecular weight excluding hydrogens is 190 g/mol. The van der Waals surface area contributed by atoms with E-state index in [1.165, 1.54) is 25.7 Å². The highest BCUT2D eigenvalue weighted by Crippen LogP contribution is 2.26. The van der Waals surface area contributed by atoms with E-state index in [0.29, 0.717) is 12.5 Å². The molecule has 0 aromatic carbocycles. The number of hydrogen-bond acceptors (Lipinski definition) is 3. The molecule has 82 valence electrons. The van der Waals surface area contributed by atoms with Crippen molar-refractivity contribution in [2.45, 2.75) is 44.2 Å². The molecule has 1 aliphatic carbocycles. The second-order valence-corrected chi connectivity index (χ2v) is 4.35. The molecule has 1 aliphatic heterocycles. The standard InChI is InChI=1S/C11H17N3O/c12-6-5-10-11(15)13-7-8-14(10)9-3-1-2-4-9/h9-10H,1-5,7-8H2,(H,13,15). The van der Waals surface area contributed by atoms with Gasteiger partial charge in [-0.2, -0.15) is 5.26 Å². The van der Waals surface area contributed by atoms with Crippen molar-refractivity contribution < 1.29 is 4.79 Å². The summed E-state index contributed by atoms with van der Waals surface area (Å²) in [6, 6.07) is 2.45. The smallest absolute Gasteiger partial charge is 0.238 e. The van der Waals surface area contributed by atoms with Crippen LogP contribution in [0.2, 0.25) is 0 Å². The largest absolute Gasteiger partial charge is 0.353 e. The van der Waals surface area contributed by atoms with Crippen LogP contribution in [0.3, 0.4) is 0 Å². The average molecular weight is 207 g/mol. The van der Waals surface area contributed by atoms with Crippen LogP contribution < -0.4 is 5.32 Å². The lowest BCUT2D eigenvalue weighted by Crippen LogP contribution is -2.57. The third-order valence-electron chi connectivity index (χ3n) is 3.45. The predicted molar refractivity (Wildman–Crippen MR) is 56.0 cm³/mol. The Kier molecular flexibility index (Phi) is 3.22. The van der Waals surface area contributed by atoms with Crippen LogP contribution in [0.15, 0.2) is 0 Å². The number of nitrogens with zero attached hydrogens (tertiary/aromatic N) is 2. The first-order valence-corrected chi connectivity index (χ1v) is 5.73. The van der Waals surface area contributed by atoms with E-state index in [1.807, 2.05) is 0 Å². The summed E-state index contributed by atoms with van der Waals surface area (Å²) in [6.07, 6.45) is 5.23. The molecular formula is C11H17N3O. The summed E-state index contributed by atoms with van der Waals surface area (Å²) in [6.45, 7) is 1.64. The van der Waals surface area contributed by atoms with Gasteiger partial charge in [-0.1, -0.05) is 12.8 Å². The van der Waals surface area contributed by atoms with E-state index >= 15 is 0 Å². The van der Waals surface area contributed by atoms with Gasteiger partial charge in [0.05, 0.1) is 12.5 Å². The molecule has 4 nitrogen and oxygen atoms in total. The Morgan fingerprint density at radius 2 is 2.20 bits per heavy atom. The van der Waals surface area contributed by atoms with Crippen LogP contribution >= 0.6 is 0 Å². The third-order valence-corrected chi connectivity index (χ3v) is 3.45. The molecule has 0 aromatic rings. The van der Waals surface area contributed by atoms with E-state index in [-0.39, 0.29) is 11.9 Å². The van der Waals surface area contributed by atoms with Crippen molar-refractivity contribution in [1.29, 1.82) is 5.26 Å². The Morgan fingerprint density at radius 3 is 2.87 bits per heavy atom. The zero-order valence-electron chi connectivity index (χ0n) is 8.91. The van der Waals surface area contributed by atoms with E-state index in [9.17, 15) is 4.79 Å². The van der Waals surface area contributed by atoms with E-state index in [2.05, 4.69) is 16.3 Å². The summed E-state index contributed by atoms with van der Waals surface area (Å²) in [5.74, 6) is 0.0368. The van der Waals surface area contributed by atoms with E-state index in [0.717, 1.165) is 13.1 Å². The summed E-state index contributed by atoms with van der Waals surface area (Å²) in [5.41, 5.74) is 0. The lowest BCUT2D eigenvalue weighted by atomic mass is 10.1. The first-order valence-electron chi connectivity index (χ1n) is 5.73. The molecule has 15 heavy (non-hydrogen) atoms. The summed E-state index contributed by atoms with van der Waals surface area (Å²) in [4.78, 5) is 13.9. The maximum absolute atomic E-state index is 11.6. The predicted octanol–water partition coefficient (Wildman–Crippen LogP) is 0.643. The molecule has 1 heterocycles. The van der Waals surface area contributed by atoms with Crippen molar-refractivity contribution in [1.82, 2.24) is 10.2 Å². The molecule has 0 aromatic heterocycles. The van der Waals surface area contributed by atoms with E-state index < -0.39 is 0 Å². The number of nitrogens with one attached hydrogen (secondary N) is 1. The summed E-state index contributed by atoms with van der Waals surface area (Å²) in [7, 11) is 0. The van der Waals surface area contributed by atoms with Crippen LogP contribution in [-0.2, 0) is 4.79 Å². The first kappa shape index (κ1) is 10.4. The Bertz CT molecular complexity index is 278. The van der Waals surface area contributed by atoms with Crippen LogP contribution in [0, 0.1) is 11.3 Å². The maximum Gasteiger partial charge on any atom is 0.238 e. The van der Waals surface area contributed by atoms with Gasteiger partial charge in [-0.15, -0.1) is 0 Å². The molecule has 0 radical (unpaired) electrons. The zero-order valence-corrected chi connectivity index (χ0v) is 8.91.